The van der Waals surface area contributed by atoms with Gasteiger partial charge in [-0.2, -0.15) is 0 Å². The second kappa shape index (κ2) is 10.4. The lowest BCUT2D eigenvalue weighted by Crippen LogP contribution is -2.10. The number of halogens is 1. The molecule has 0 aliphatic heterocycles. The van der Waals surface area contributed by atoms with E-state index in [1.54, 1.807) is 6.92 Å². The van der Waals surface area contributed by atoms with Crippen molar-refractivity contribution in [3.05, 3.63) is 0 Å². The van der Waals surface area contributed by atoms with Crippen LogP contribution in [0.15, 0.2) is 0 Å². The maximum Gasteiger partial charge on any atom is 0.317 e. The van der Waals surface area contributed by atoms with Gasteiger partial charge in [-0.1, -0.05) is 15.9 Å². The molecule has 0 aliphatic carbocycles. The highest BCUT2D eigenvalue weighted by atomic mass is 79.9. The number of rotatable bonds is 3. The third-order valence-electron chi connectivity index (χ3n) is 0.589. The Hall–Kier alpha value is -0.620. The van der Waals surface area contributed by atoms with Gasteiger partial charge in [0.15, 0.2) is 0 Å². The summed E-state index contributed by atoms with van der Waals surface area (Å²) in [5, 5.41) is 7.89. The molecule has 6 heteroatoms. The Labute approximate surface area is 79.0 Å². The van der Waals surface area contributed by atoms with Crippen LogP contribution in [0.4, 0.5) is 0 Å². The Balaban J connectivity index is 0. The summed E-state index contributed by atoms with van der Waals surface area (Å²) in [6, 6.07) is 0. The number of hydrogen-bond donors (Lipinski definition) is 2. The van der Waals surface area contributed by atoms with Crippen LogP contribution in [0.3, 0.4) is 0 Å². The molecular weight excluding hydrogens is 230 g/mol. The fourth-order valence-electron chi connectivity index (χ4n) is 0.200. The van der Waals surface area contributed by atoms with Crippen molar-refractivity contribution in [2.45, 2.75) is 6.92 Å². The molecular formula is C6H12BrNO4. The van der Waals surface area contributed by atoms with Gasteiger partial charge in [0.05, 0.1) is 13.2 Å². The minimum atomic E-state index is -0.968. The Morgan fingerprint density at radius 1 is 1.58 bits per heavy atom. The van der Waals surface area contributed by atoms with Crippen LogP contribution < -0.4 is 5.73 Å². The summed E-state index contributed by atoms with van der Waals surface area (Å²) in [4.78, 5) is 19.4. The summed E-state index contributed by atoms with van der Waals surface area (Å²) in [6.45, 7) is 1.96. The normalized spacial score (nSPS) is 7.92. The number of aliphatic carboxylic acids is 1. The highest BCUT2D eigenvalue weighted by Gasteiger charge is 1.92. The van der Waals surface area contributed by atoms with Crippen LogP contribution in [-0.4, -0.2) is 35.5 Å². The van der Waals surface area contributed by atoms with E-state index in [9.17, 15) is 9.59 Å². The first kappa shape index (κ1) is 13.9. The number of carbonyl (C=O) groups is 2. The van der Waals surface area contributed by atoms with Crippen LogP contribution >= 0.6 is 15.9 Å². The molecule has 0 spiro atoms. The molecule has 12 heavy (non-hydrogen) atoms. The van der Waals surface area contributed by atoms with Gasteiger partial charge in [0.1, 0.15) is 5.33 Å². The zero-order valence-corrected chi connectivity index (χ0v) is 8.33. The van der Waals surface area contributed by atoms with Crippen molar-refractivity contribution in [1.29, 1.82) is 0 Å². The monoisotopic (exact) mass is 241 g/mol. The van der Waals surface area contributed by atoms with E-state index in [2.05, 4.69) is 26.4 Å². The van der Waals surface area contributed by atoms with E-state index in [0.29, 0.717) is 11.9 Å². The maximum atomic E-state index is 10.1. The van der Waals surface area contributed by atoms with Crippen LogP contribution in [0, 0.1) is 0 Å². The first-order valence-electron chi connectivity index (χ1n) is 3.21. The topological polar surface area (TPSA) is 89.6 Å². The zero-order valence-electron chi connectivity index (χ0n) is 6.75. The summed E-state index contributed by atoms with van der Waals surface area (Å²) in [5.74, 6) is -1.17. The van der Waals surface area contributed by atoms with Crippen molar-refractivity contribution in [3.63, 3.8) is 0 Å². The summed E-state index contributed by atoms with van der Waals surface area (Å²) in [6.07, 6.45) is 0. The Kier molecular flexibility index (Phi) is 12.1. The lowest BCUT2D eigenvalue weighted by Gasteiger charge is -1.92. The number of carboxylic acid groups (broad SMARTS) is 1. The summed E-state index contributed by atoms with van der Waals surface area (Å²) in [5.41, 5.74) is 4.57. The van der Waals surface area contributed by atoms with Crippen LogP contribution in [0.1, 0.15) is 6.92 Å². The highest BCUT2D eigenvalue weighted by molar-refractivity contribution is 9.09. The van der Waals surface area contributed by atoms with Crippen molar-refractivity contribution >= 4 is 27.9 Å². The van der Waals surface area contributed by atoms with Gasteiger partial charge in [-0.25, -0.2) is 0 Å². The number of esters is 1. The number of carbonyl (C=O) groups excluding carboxylic acids is 1. The van der Waals surface area contributed by atoms with E-state index >= 15 is 0 Å². The average molecular weight is 242 g/mol. The molecule has 5 nitrogen and oxygen atoms in total. The SMILES string of the molecule is CCOC(=O)CBr.NCC(=O)O. The Morgan fingerprint density at radius 2 is 2.00 bits per heavy atom. The number of alkyl halides is 1. The predicted octanol–water partition coefficient (Wildman–Crippen LogP) is -0.0259. The highest BCUT2D eigenvalue weighted by Crippen LogP contribution is 1.82. The van der Waals surface area contributed by atoms with Gasteiger partial charge in [0, 0.05) is 0 Å². The Morgan fingerprint density at radius 3 is 2.08 bits per heavy atom. The average Bonchev–Trinajstić information content (AvgIpc) is 2.06. The molecule has 72 valence electrons. The predicted molar refractivity (Wildman–Crippen MR) is 47.1 cm³/mol. The lowest BCUT2D eigenvalue weighted by molar-refractivity contribution is -0.139. The molecule has 0 rings (SSSR count). The standard InChI is InChI=1S/C4H7BrO2.C2H5NO2/c1-2-7-4(6)3-5;3-1-2(4)5/h2-3H2,1H3;1,3H2,(H,4,5). The molecule has 0 saturated heterocycles. The molecule has 0 aromatic heterocycles. The summed E-state index contributed by atoms with van der Waals surface area (Å²) < 4.78 is 4.51. The van der Waals surface area contributed by atoms with Crippen molar-refractivity contribution in [2.24, 2.45) is 5.73 Å². The largest absolute Gasteiger partial charge is 0.480 e. The molecule has 3 N–H and O–H groups in total. The number of hydrogen-bond acceptors (Lipinski definition) is 4. The number of nitrogens with two attached hydrogens (primary N) is 1. The molecule has 0 amide bonds. The van der Waals surface area contributed by atoms with E-state index in [1.165, 1.54) is 0 Å². The van der Waals surface area contributed by atoms with Crippen LogP contribution in [0.2, 0.25) is 0 Å². The molecule has 0 radical (unpaired) electrons. The van der Waals surface area contributed by atoms with Crippen molar-refractivity contribution in [3.8, 4) is 0 Å². The zero-order chi connectivity index (χ0) is 9.98. The van der Waals surface area contributed by atoms with Gasteiger partial charge in [-0.3, -0.25) is 9.59 Å². The van der Waals surface area contributed by atoms with Crippen LogP contribution in [0.5, 0.6) is 0 Å². The first-order chi connectivity index (χ1) is 5.58. The van der Waals surface area contributed by atoms with E-state index in [4.69, 9.17) is 5.11 Å². The molecule has 0 aromatic carbocycles. The van der Waals surface area contributed by atoms with Crippen LogP contribution in [-0.2, 0) is 14.3 Å². The van der Waals surface area contributed by atoms with Gasteiger partial charge < -0.3 is 15.6 Å². The van der Waals surface area contributed by atoms with Crippen molar-refractivity contribution < 1.29 is 19.4 Å². The molecule has 0 bridgehead atoms. The quantitative estimate of drug-likeness (QED) is 0.536. The molecule has 0 aliphatic rings. The minimum Gasteiger partial charge on any atom is -0.480 e. The second-order valence-electron chi connectivity index (χ2n) is 1.54. The van der Waals surface area contributed by atoms with Crippen molar-refractivity contribution in [2.75, 3.05) is 18.5 Å². The Bertz CT molecular complexity index is 140. The van der Waals surface area contributed by atoms with E-state index < -0.39 is 5.97 Å². The molecule has 0 fully saturated rings. The van der Waals surface area contributed by atoms with Gasteiger partial charge in [-0.05, 0) is 6.92 Å². The fourth-order valence-corrected chi connectivity index (χ4v) is 0.361. The third kappa shape index (κ3) is 16.2. The number of carboxylic acids is 1. The summed E-state index contributed by atoms with van der Waals surface area (Å²) in [7, 11) is 0. The molecule has 0 unspecified atom stereocenters. The summed E-state index contributed by atoms with van der Waals surface area (Å²) >= 11 is 2.94. The van der Waals surface area contributed by atoms with E-state index in [1.807, 2.05) is 0 Å². The second-order valence-corrected chi connectivity index (χ2v) is 2.10. The smallest absolute Gasteiger partial charge is 0.317 e. The lowest BCUT2D eigenvalue weighted by atomic mass is 10.7. The molecule has 0 saturated carbocycles. The van der Waals surface area contributed by atoms with Crippen LogP contribution in [0.25, 0.3) is 0 Å². The van der Waals surface area contributed by atoms with E-state index in [-0.39, 0.29) is 12.5 Å². The first-order valence-corrected chi connectivity index (χ1v) is 4.34. The van der Waals surface area contributed by atoms with Crippen molar-refractivity contribution in [1.82, 2.24) is 0 Å². The van der Waals surface area contributed by atoms with Gasteiger partial charge in [-0.15, -0.1) is 0 Å². The molecule has 0 heterocycles. The maximum absolute atomic E-state index is 10.1. The molecule has 0 atom stereocenters. The minimum absolute atomic E-state index is 0.206. The van der Waals surface area contributed by atoms with E-state index in [0.717, 1.165) is 0 Å². The number of ether oxygens (including phenoxy) is 1. The van der Waals surface area contributed by atoms with Gasteiger partial charge >= 0.3 is 11.9 Å². The van der Waals surface area contributed by atoms with Gasteiger partial charge in [0.2, 0.25) is 0 Å². The fraction of sp³-hybridized carbons (Fsp3) is 0.667. The molecule has 0 aromatic rings. The van der Waals surface area contributed by atoms with Gasteiger partial charge in [0.25, 0.3) is 0 Å². The third-order valence-corrected chi connectivity index (χ3v) is 1.05.